The summed E-state index contributed by atoms with van der Waals surface area (Å²) in [5, 5.41) is 1.97. The topological polar surface area (TPSA) is 12.9 Å². The van der Waals surface area contributed by atoms with E-state index in [1.165, 1.54) is 24.3 Å². The SMILES string of the molecule is Cc1cccc(P(c2ccc(F)cc2)c2ccc(F)cc2)n1. The summed E-state index contributed by atoms with van der Waals surface area (Å²) in [5.41, 5.74) is 1.85. The minimum absolute atomic E-state index is 0.269. The third-order valence-corrected chi connectivity index (χ3v) is 5.61. The van der Waals surface area contributed by atoms with Gasteiger partial charge in [-0.25, -0.2) is 8.78 Å². The van der Waals surface area contributed by atoms with Gasteiger partial charge in [0.25, 0.3) is 0 Å². The number of halogens is 2. The molecule has 1 aromatic heterocycles. The van der Waals surface area contributed by atoms with E-state index in [9.17, 15) is 8.78 Å². The summed E-state index contributed by atoms with van der Waals surface area (Å²) in [6.07, 6.45) is 0. The van der Waals surface area contributed by atoms with Crippen LogP contribution >= 0.6 is 7.92 Å². The molecule has 0 bridgehead atoms. The number of rotatable bonds is 3. The normalized spacial score (nSPS) is 10.9. The second-order valence-electron chi connectivity index (χ2n) is 4.93. The molecule has 0 radical (unpaired) electrons. The van der Waals surface area contributed by atoms with Gasteiger partial charge in [0.05, 0.1) is 5.44 Å². The van der Waals surface area contributed by atoms with E-state index >= 15 is 0 Å². The molecule has 3 rings (SSSR count). The third-order valence-electron chi connectivity index (χ3n) is 3.27. The maximum Gasteiger partial charge on any atom is 0.123 e. The van der Waals surface area contributed by atoms with Crippen molar-refractivity contribution in [3.63, 3.8) is 0 Å². The average Bonchev–Trinajstić information content (AvgIpc) is 2.51. The number of aromatic nitrogens is 1. The smallest absolute Gasteiger partial charge is 0.123 e. The summed E-state index contributed by atoms with van der Waals surface area (Å²) in [6, 6.07) is 18.7. The highest BCUT2D eigenvalue weighted by Gasteiger charge is 2.18. The van der Waals surface area contributed by atoms with E-state index in [4.69, 9.17) is 0 Å². The van der Waals surface area contributed by atoms with E-state index in [1.807, 2.05) is 25.1 Å². The fourth-order valence-electron chi connectivity index (χ4n) is 2.25. The third kappa shape index (κ3) is 3.20. The van der Waals surface area contributed by atoms with Gasteiger partial charge in [-0.15, -0.1) is 0 Å². The van der Waals surface area contributed by atoms with Crippen molar-refractivity contribution in [2.75, 3.05) is 0 Å². The van der Waals surface area contributed by atoms with E-state index in [0.29, 0.717) is 0 Å². The summed E-state index contributed by atoms with van der Waals surface area (Å²) in [6.45, 7) is 1.94. The van der Waals surface area contributed by atoms with Crippen molar-refractivity contribution >= 4 is 24.0 Å². The largest absolute Gasteiger partial charge is 0.253 e. The van der Waals surface area contributed by atoms with Gasteiger partial charge in [-0.2, -0.15) is 0 Å². The van der Waals surface area contributed by atoms with Gasteiger partial charge in [-0.3, -0.25) is 4.98 Å². The average molecular weight is 313 g/mol. The Morgan fingerprint density at radius 3 is 1.68 bits per heavy atom. The first-order chi connectivity index (χ1) is 10.6. The number of aryl methyl sites for hydroxylation is 1. The first kappa shape index (κ1) is 14.8. The zero-order valence-electron chi connectivity index (χ0n) is 12.0. The Morgan fingerprint density at radius 2 is 1.23 bits per heavy atom. The van der Waals surface area contributed by atoms with Gasteiger partial charge >= 0.3 is 0 Å². The van der Waals surface area contributed by atoms with Crippen LogP contribution in [-0.4, -0.2) is 4.98 Å². The monoisotopic (exact) mass is 313 g/mol. The van der Waals surface area contributed by atoms with Gasteiger partial charge in [-0.1, -0.05) is 30.3 Å². The molecular weight excluding hydrogens is 299 g/mol. The molecule has 0 N–H and O–H groups in total. The maximum atomic E-state index is 13.2. The van der Waals surface area contributed by atoms with Crippen LogP contribution in [0.15, 0.2) is 66.7 Å². The van der Waals surface area contributed by atoms with Crippen molar-refractivity contribution in [2.45, 2.75) is 6.92 Å². The zero-order valence-corrected chi connectivity index (χ0v) is 12.9. The Balaban J connectivity index is 2.13. The number of pyridine rings is 1. The second kappa shape index (κ2) is 6.33. The molecule has 0 amide bonds. The first-order valence-electron chi connectivity index (χ1n) is 6.88. The summed E-state index contributed by atoms with van der Waals surface area (Å²) < 4.78 is 26.4. The summed E-state index contributed by atoms with van der Waals surface area (Å²) in [4.78, 5) is 4.61. The Labute approximate surface area is 129 Å². The van der Waals surface area contributed by atoms with E-state index in [0.717, 1.165) is 21.7 Å². The number of hydrogen-bond donors (Lipinski definition) is 0. The minimum Gasteiger partial charge on any atom is -0.253 e. The van der Waals surface area contributed by atoms with E-state index in [2.05, 4.69) is 4.98 Å². The van der Waals surface area contributed by atoms with Crippen LogP contribution in [0.25, 0.3) is 0 Å². The van der Waals surface area contributed by atoms with Crippen molar-refractivity contribution in [3.05, 3.63) is 84.1 Å². The molecule has 2 aromatic carbocycles. The second-order valence-corrected chi connectivity index (χ2v) is 7.09. The van der Waals surface area contributed by atoms with Crippen molar-refractivity contribution in [3.8, 4) is 0 Å². The molecule has 0 aliphatic rings. The predicted molar refractivity (Wildman–Crippen MR) is 87.6 cm³/mol. The van der Waals surface area contributed by atoms with Crippen LogP contribution in [0.2, 0.25) is 0 Å². The standard InChI is InChI=1S/C18H14F2NP/c1-13-3-2-4-18(21-13)22(16-9-5-14(19)6-10-16)17-11-7-15(20)8-12-17/h2-12H,1H3. The Kier molecular flexibility index (Phi) is 4.26. The Hall–Kier alpha value is -2.12. The fourth-order valence-corrected chi connectivity index (χ4v) is 4.46. The van der Waals surface area contributed by atoms with Crippen LogP contribution in [-0.2, 0) is 0 Å². The van der Waals surface area contributed by atoms with Crippen LogP contribution < -0.4 is 16.0 Å². The fraction of sp³-hybridized carbons (Fsp3) is 0.0556. The summed E-state index contributed by atoms with van der Waals surface area (Å²) in [7, 11) is -0.931. The molecule has 4 heteroatoms. The number of nitrogens with zero attached hydrogens (tertiary/aromatic N) is 1. The van der Waals surface area contributed by atoms with Crippen molar-refractivity contribution < 1.29 is 8.78 Å². The van der Waals surface area contributed by atoms with Crippen molar-refractivity contribution in [2.24, 2.45) is 0 Å². The molecule has 0 aliphatic heterocycles. The lowest BCUT2D eigenvalue weighted by atomic mass is 10.3. The number of hydrogen-bond acceptors (Lipinski definition) is 1. The Morgan fingerprint density at radius 1 is 0.727 bits per heavy atom. The summed E-state index contributed by atoms with van der Waals surface area (Å²) in [5.74, 6) is -0.537. The number of benzene rings is 2. The van der Waals surface area contributed by atoms with Gasteiger partial charge < -0.3 is 0 Å². The molecule has 0 saturated carbocycles. The van der Waals surface area contributed by atoms with E-state index < -0.39 is 7.92 Å². The summed E-state index contributed by atoms with van der Waals surface area (Å²) >= 11 is 0. The highest BCUT2D eigenvalue weighted by molar-refractivity contribution is 7.79. The van der Waals surface area contributed by atoms with Gasteiger partial charge in [0.2, 0.25) is 0 Å². The van der Waals surface area contributed by atoms with Gasteiger partial charge in [0.15, 0.2) is 0 Å². The molecule has 1 nitrogen and oxygen atoms in total. The molecular formula is C18H14F2NP. The lowest BCUT2D eigenvalue weighted by molar-refractivity contribution is 0.628. The van der Waals surface area contributed by atoms with Crippen LogP contribution in [0.4, 0.5) is 8.78 Å². The molecule has 0 atom stereocenters. The van der Waals surface area contributed by atoms with Crippen LogP contribution in [0.3, 0.4) is 0 Å². The van der Waals surface area contributed by atoms with Crippen LogP contribution in [0, 0.1) is 18.6 Å². The maximum absolute atomic E-state index is 13.2. The molecule has 0 unspecified atom stereocenters. The lowest BCUT2D eigenvalue weighted by Crippen LogP contribution is -2.23. The molecule has 110 valence electrons. The molecule has 1 heterocycles. The highest BCUT2D eigenvalue weighted by Crippen LogP contribution is 2.31. The van der Waals surface area contributed by atoms with Crippen molar-refractivity contribution in [1.82, 2.24) is 4.98 Å². The van der Waals surface area contributed by atoms with Crippen LogP contribution in [0.5, 0.6) is 0 Å². The minimum atomic E-state index is -0.931. The van der Waals surface area contributed by atoms with E-state index in [-0.39, 0.29) is 11.6 Å². The molecule has 0 aliphatic carbocycles. The van der Waals surface area contributed by atoms with Gasteiger partial charge in [-0.05, 0) is 53.9 Å². The van der Waals surface area contributed by atoms with Crippen molar-refractivity contribution in [1.29, 1.82) is 0 Å². The van der Waals surface area contributed by atoms with Crippen LogP contribution in [0.1, 0.15) is 5.69 Å². The molecule has 0 fully saturated rings. The predicted octanol–water partition coefficient (Wildman–Crippen LogP) is 3.43. The molecule has 0 spiro atoms. The Bertz CT molecular complexity index is 724. The molecule has 0 saturated heterocycles. The molecule has 22 heavy (non-hydrogen) atoms. The van der Waals surface area contributed by atoms with E-state index in [1.54, 1.807) is 24.3 Å². The molecule has 3 aromatic rings. The van der Waals surface area contributed by atoms with Gasteiger partial charge in [0.1, 0.15) is 11.6 Å². The first-order valence-corrected chi connectivity index (χ1v) is 8.22. The van der Waals surface area contributed by atoms with Gasteiger partial charge in [0, 0.05) is 13.6 Å². The highest BCUT2D eigenvalue weighted by atomic mass is 31.1. The lowest BCUT2D eigenvalue weighted by Gasteiger charge is -2.18. The zero-order chi connectivity index (χ0) is 15.5. The quantitative estimate of drug-likeness (QED) is 0.675.